The second-order valence-corrected chi connectivity index (χ2v) is 5.32. The largest absolute Gasteiger partial charge is 0.395 e. The van der Waals surface area contributed by atoms with Crippen molar-refractivity contribution in [3.05, 3.63) is 23.9 Å². The smallest absolute Gasteiger partial charge is 0.128 e. The van der Waals surface area contributed by atoms with Crippen LogP contribution in [0.4, 0.5) is 5.82 Å². The minimum absolute atomic E-state index is 0.187. The van der Waals surface area contributed by atoms with Gasteiger partial charge >= 0.3 is 0 Å². The average Bonchev–Trinajstić information content (AvgIpc) is 2.98. The number of aliphatic hydroxyl groups excluding tert-OH is 1. The van der Waals surface area contributed by atoms with Gasteiger partial charge in [0, 0.05) is 24.8 Å². The van der Waals surface area contributed by atoms with Crippen LogP contribution in [0.3, 0.4) is 0 Å². The maximum Gasteiger partial charge on any atom is 0.128 e. The third kappa shape index (κ3) is 3.45. The number of aromatic nitrogens is 1. The molecule has 0 aliphatic heterocycles. The highest BCUT2D eigenvalue weighted by atomic mass is 16.3. The first-order valence-corrected chi connectivity index (χ1v) is 7.27. The summed E-state index contributed by atoms with van der Waals surface area (Å²) in [7, 11) is 1.95. The Morgan fingerprint density at radius 2 is 2.16 bits per heavy atom. The van der Waals surface area contributed by atoms with Crippen molar-refractivity contribution in [2.24, 2.45) is 0 Å². The Labute approximate surface area is 115 Å². The SMILES string of the molecule is CNC(C)c1ccc(N(CCO)C2CCCC2)nc1. The Kier molecular flexibility index (Phi) is 5.16. The Hall–Kier alpha value is -1.13. The number of rotatable bonds is 6. The first kappa shape index (κ1) is 14.3. The van der Waals surface area contributed by atoms with E-state index in [-0.39, 0.29) is 6.61 Å². The lowest BCUT2D eigenvalue weighted by Gasteiger charge is -2.29. The van der Waals surface area contributed by atoms with Gasteiger partial charge in [0.25, 0.3) is 0 Å². The molecule has 4 heteroatoms. The first-order valence-electron chi connectivity index (χ1n) is 7.27. The Morgan fingerprint density at radius 1 is 1.42 bits per heavy atom. The molecule has 2 N–H and O–H groups in total. The number of pyridine rings is 1. The molecule has 1 aliphatic rings. The molecule has 1 heterocycles. The summed E-state index contributed by atoms with van der Waals surface area (Å²) in [4.78, 5) is 6.85. The number of nitrogens with zero attached hydrogens (tertiary/aromatic N) is 2. The standard InChI is InChI=1S/C15H25N3O/c1-12(16-2)13-7-8-15(17-11-13)18(9-10-19)14-5-3-4-6-14/h7-8,11-12,14,16,19H,3-6,9-10H2,1-2H3. The molecule has 1 atom stereocenters. The van der Waals surface area contributed by atoms with Crippen LogP contribution in [-0.2, 0) is 0 Å². The molecular formula is C15H25N3O. The molecule has 1 fully saturated rings. The van der Waals surface area contributed by atoms with Crippen molar-refractivity contribution in [3.8, 4) is 0 Å². The van der Waals surface area contributed by atoms with Crippen molar-refractivity contribution >= 4 is 5.82 Å². The predicted octanol–water partition coefficient (Wildman–Crippen LogP) is 2.10. The van der Waals surface area contributed by atoms with Crippen LogP contribution >= 0.6 is 0 Å². The van der Waals surface area contributed by atoms with Crippen LogP contribution < -0.4 is 10.2 Å². The second-order valence-electron chi connectivity index (χ2n) is 5.32. The van der Waals surface area contributed by atoms with Crippen LogP contribution in [0.5, 0.6) is 0 Å². The summed E-state index contributed by atoms with van der Waals surface area (Å²) >= 11 is 0. The molecule has 2 rings (SSSR count). The molecule has 0 aromatic carbocycles. The van der Waals surface area contributed by atoms with E-state index in [1.54, 1.807) is 0 Å². The second kappa shape index (κ2) is 6.87. The monoisotopic (exact) mass is 263 g/mol. The number of nitrogens with one attached hydrogen (secondary N) is 1. The van der Waals surface area contributed by atoms with E-state index in [1.165, 1.54) is 31.2 Å². The zero-order chi connectivity index (χ0) is 13.7. The van der Waals surface area contributed by atoms with Crippen molar-refractivity contribution in [1.29, 1.82) is 0 Å². The highest BCUT2D eigenvalue weighted by Gasteiger charge is 2.23. The highest BCUT2D eigenvalue weighted by molar-refractivity contribution is 5.41. The molecule has 0 amide bonds. The molecule has 0 saturated heterocycles. The van der Waals surface area contributed by atoms with Gasteiger partial charge in [0.1, 0.15) is 5.82 Å². The predicted molar refractivity (Wildman–Crippen MR) is 78.4 cm³/mol. The molecule has 1 aromatic rings. The van der Waals surface area contributed by atoms with Crippen LogP contribution in [0, 0.1) is 0 Å². The Bertz CT molecular complexity index is 373. The van der Waals surface area contributed by atoms with E-state index in [1.807, 2.05) is 13.2 Å². The van der Waals surface area contributed by atoms with Crippen molar-refractivity contribution in [2.75, 3.05) is 25.1 Å². The van der Waals surface area contributed by atoms with Crippen molar-refractivity contribution in [2.45, 2.75) is 44.7 Å². The lowest BCUT2D eigenvalue weighted by atomic mass is 10.1. The van der Waals surface area contributed by atoms with Gasteiger partial charge < -0.3 is 15.3 Å². The lowest BCUT2D eigenvalue weighted by molar-refractivity contribution is 0.297. The van der Waals surface area contributed by atoms with Gasteiger partial charge in [-0.2, -0.15) is 0 Å². The molecule has 19 heavy (non-hydrogen) atoms. The molecule has 0 spiro atoms. The number of anilines is 1. The van der Waals surface area contributed by atoms with Gasteiger partial charge in [0.05, 0.1) is 6.61 Å². The fraction of sp³-hybridized carbons (Fsp3) is 0.667. The van der Waals surface area contributed by atoms with Crippen LogP contribution in [0.2, 0.25) is 0 Å². The summed E-state index contributed by atoms with van der Waals surface area (Å²) in [5.74, 6) is 0.994. The number of hydrogen-bond donors (Lipinski definition) is 2. The van der Waals surface area contributed by atoms with E-state index in [0.29, 0.717) is 18.6 Å². The van der Waals surface area contributed by atoms with E-state index in [2.05, 4.69) is 34.3 Å². The fourth-order valence-corrected chi connectivity index (χ4v) is 2.80. The molecule has 106 valence electrons. The van der Waals surface area contributed by atoms with Crippen molar-refractivity contribution in [3.63, 3.8) is 0 Å². The fourth-order valence-electron chi connectivity index (χ4n) is 2.80. The van der Waals surface area contributed by atoms with Crippen molar-refractivity contribution in [1.82, 2.24) is 10.3 Å². The Morgan fingerprint density at radius 3 is 2.68 bits per heavy atom. The zero-order valence-electron chi connectivity index (χ0n) is 12.0. The summed E-state index contributed by atoms with van der Waals surface area (Å²) < 4.78 is 0. The van der Waals surface area contributed by atoms with Crippen LogP contribution in [-0.4, -0.2) is 36.3 Å². The molecule has 1 unspecified atom stereocenters. The van der Waals surface area contributed by atoms with E-state index in [9.17, 15) is 5.11 Å². The van der Waals surface area contributed by atoms with E-state index < -0.39 is 0 Å². The molecule has 1 aliphatic carbocycles. The number of aliphatic hydroxyl groups is 1. The summed E-state index contributed by atoms with van der Waals surface area (Å²) in [6, 6.07) is 5.08. The van der Waals surface area contributed by atoms with Gasteiger partial charge in [-0.3, -0.25) is 0 Å². The van der Waals surface area contributed by atoms with Crippen LogP contribution in [0.15, 0.2) is 18.3 Å². The van der Waals surface area contributed by atoms with E-state index in [0.717, 1.165) is 5.82 Å². The Balaban J connectivity index is 2.12. The molecule has 1 saturated carbocycles. The van der Waals surface area contributed by atoms with Gasteiger partial charge in [0.15, 0.2) is 0 Å². The third-order valence-electron chi connectivity index (χ3n) is 4.10. The third-order valence-corrected chi connectivity index (χ3v) is 4.10. The van der Waals surface area contributed by atoms with Crippen molar-refractivity contribution < 1.29 is 5.11 Å². The maximum atomic E-state index is 9.26. The van der Waals surface area contributed by atoms with Crippen LogP contribution in [0.25, 0.3) is 0 Å². The van der Waals surface area contributed by atoms with Gasteiger partial charge in [-0.15, -0.1) is 0 Å². The maximum absolute atomic E-state index is 9.26. The lowest BCUT2D eigenvalue weighted by Crippen LogP contribution is -2.36. The van der Waals surface area contributed by atoms with E-state index >= 15 is 0 Å². The summed E-state index contributed by atoms with van der Waals surface area (Å²) in [5.41, 5.74) is 1.20. The van der Waals surface area contributed by atoms with Gasteiger partial charge in [-0.05, 0) is 38.4 Å². The van der Waals surface area contributed by atoms with E-state index in [4.69, 9.17) is 0 Å². The molecular weight excluding hydrogens is 238 g/mol. The topological polar surface area (TPSA) is 48.4 Å². The van der Waals surface area contributed by atoms with Gasteiger partial charge in [-0.1, -0.05) is 18.9 Å². The first-order chi connectivity index (χ1) is 9.26. The number of hydrogen-bond acceptors (Lipinski definition) is 4. The summed E-state index contributed by atoms with van der Waals surface area (Å²) in [6.07, 6.45) is 6.96. The summed E-state index contributed by atoms with van der Waals surface area (Å²) in [5, 5.41) is 12.5. The molecule has 0 bridgehead atoms. The summed E-state index contributed by atoms with van der Waals surface area (Å²) in [6.45, 7) is 2.99. The van der Waals surface area contributed by atoms with Crippen LogP contribution in [0.1, 0.15) is 44.2 Å². The van der Waals surface area contributed by atoms with Gasteiger partial charge in [0.2, 0.25) is 0 Å². The molecule has 0 radical (unpaired) electrons. The minimum Gasteiger partial charge on any atom is -0.395 e. The highest BCUT2D eigenvalue weighted by Crippen LogP contribution is 2.27. The zero-order valence-corrected chi connectivity index (χ0v) is 12.0. The quantitative estimate of drug-likeness (QED) is 0.825. The normalized spacial score (nSPS) is 17.6. The minimum atomic E-state index is 0.187. The molecule has 1 aromatic heterocycles. The average molecular weight is 263 g/mol. The van der Waals surface area contributed by atoms with Gasteiger partial charge in [-0.25, -0.2) is 4.98 Å². The molecule has 4 nitrogen and oxygen atoms in total.